The highest BCUT2D eigenvalue weighted by Gasteiger charge is 2.10. The van der Waals surface area contributed by atoms with Crippen LogP contribution in [0.4, 0.5) is 4.39 Å². The second-order valence-corrected chi connectivity index (χ2v) is 4.54. The molecule has 1 aromatic carbocycles. The van der Waals surface area contributed by atoms with E-state index in [0.717, 1.165) is 6.20 Å². The number of alkyl halides is 1. The van der Waals surface area contributed by atoms with Crippen molar-refractivity contribution in [1.29, 1.82) is 0 Å². The summed E-state index contributed by atoms with van der Waals surface area (Å²) in [6, 6.07) is 6.04. The van der Waals surface area contributed by atoms with Crippen molar-refractivity contribution in [2.45, 2.75) is 5.88 Å². The second-order valence-electron chi connectivity index (χ2n) is 3.43. The van der Waals surface area contributed by atoms with Crippen LogP contribution in [0.3, 0.4) is 0 Å². The summed E-state index contributed by atoms with van der Waals surface area (Å²) in [7, 11) is 0. The summed E-state index contributed by atoms with van der Waals surface area (Å²) in [4.78, 5) is 3.83. The Morgan fingerprint density at radius 1 is 1.22 bits per heavy atom. The SMILES string of the molecule is Fc1cnc(Oc2ccc(Cl)cc2Cl)c(CCl)c1. The van der Waals surface area contributed by atoms with Gasteiger partial charge in [0.05, 0.1) is 17.1 Å². The Bertz CT molecular complexity index is 577. The Morgan fingerprint density at radius 2 is 2.00 bits per heavy atom. The number of pyridine rings is 1. The summed E-state index contributed by atoms with van der Waals surface area (Å²) >= 11 is 17.4. The number of ether oxygens (including phenoxy) is 1. The number of hydrogen-bond acceptors (Lipinski definition) is 2. The molecule has 2 nitrogen and oxygen atoms in total. The molecule has 2 rings (SSSR count). The number of rotatable bonds is 3. The van der Waals surface area contributed by atoms with Gasteiger partial charge in [0.2, 0.25) is 5.88 Å². The summed E-state index contributed by atoms with van der Waals surface area (Å²) in [5, 5.41) is 0.839. The van der Waals surface area contributed by atoms with Gasteiger partial charge >= 0.3 is 0 Å². The zero-order chi connectivity index (χ0) is 13.1. The molecule has 0 aliphatic carbocycles. The van der Waals surface area contributed by atoms with E-state index < -0.39 is 5.82 Å². The van der Waals surface area contributed by atoms with Gasteiger partial charge in [0.1, 0.15) is 11.6 Å². The highest BCUT2D eigenvalue weighted by atomic mass is 35.5. The summed E-state index contributed by atoms with van der Waals surface area (Å²) in [6.45, 7) is 0. The van der Waals surface area contributed by atoms with Crippen LogP contribution in [0.5, 0.6) is 11.6 Å². The maximum atomic E-state index is 13.0. The number of benzene rings is 1. The fourth-order valence-corrected chi connectivity index (χ4v) is 1.96. The van der Waals surface area contributed by atoms with Crippen LogP contribution in [-0.2, 0) is 5.88 Å². The topological polar surface area (TPSA) is 22.1 Å². The third-order valence-electron chi connectivity index (χ3n) is 2.14. The number of halogens is 4. The normalized spacial score (nSPS) is 10.4. The fraction of sp³-hybridized carbons (Fsp3) is 0.0833. The van der Waals surface area contributed by atoms with Gasteiger partial charge in [0.15, 0.2) is 0 Å². The molecule has 1 heterocycles. The number of nitrogens with zero attached hydrogens (tertiary/aromatic N) is 1. The molecular formula is C12H7Cl3FNO. The van der Waals surface area contributed by atoms with E-state index in [1.165, 1.54) is 6.07 Å². The highest BCUT2D eigenvalue weighted by molar-refractivity contribution is 6.35. The molecule has 2 aromatic rings. The van der Waals surface area contributed by atoms with Crippen LogP contribution in [0.15, 0.2) is 30.5 Å². The molecule has 0 N–H and O–H groups in total. The first-order valence-electron chi connectivity index (χ1n) is 4.93. The van der Waals surface area contributed by atoms with Crippen LogP contribution >= 0.6 is 34.8 Å². The second kappa shape index (κ2) is 5.74. The van der Waals surface area contributed by atoms with Crippen molar-refractivity contribution >= 4 is 34.8 Å². The van der Waals surface area contributed by atoms with Crippen LogP contribution in [0, 0.1) is 5.82 Å². The maximum Gasteiger partial charge on any atom is 0.223 e. The molecule has 0 fully saturated rings. The molecule has 94 valence electrons. The van der Waals surface area contributed by atoms with Gasteiger partial charge in [-0.05, 0) is 24.3 Å². The van der Waals surface area contributed by atoms with Gasteiger partial charge in [-0.15, -0.1) is 11.6 Å². The van der Waals surface area contributed by atoms with Gasteiger partial charge in [-0.25, -0.2) is 9.37 Å². The Labute approximate surface area is 118 Å². The Morgan fingerprint density at radius 3 is 2.67 bits per heavy atom. The van der Waals surface area contributed by atoms with Crippen molar-refractivity contribution in [2.24, 2.45) is 0 Å². The summed E-state index contributed by atoms with van der Waals surface area (Å²) in [6.07, 6.45) is 1.05. The van der Waals surface area contributed by atoms with Crippen LogP contribution in [0.25, 0.3) is 0 Å². The molecule has 0 atom stereocenters. The monoisotopic (exact) mass is 305 g/mol. The van der Waals surface area contributed by atoms with E-state index >= 15 is 0 Å². The molecule has 0 radical (unpaired) electrons. The highest BCUT2D eigenvalue weighted by Crippen LogP contribution is 2.32. The van der Waals surface area contributed by atoms with Gasteiger partial charge in [0, 0.05) is 10.6 Å². The van der Waals surface area contributed by atoms with E-state index in [1.54, 1.807) is 18.2 Å². The van der Waals surface area contributed by atoms with Gasteiger partial charge in [-0.1, -0.05) is 23.2 Å². The molecule has 0 amide bonds. The molecule has 0 spiro atoms. The Hall–Kier alpha value is -1.03. The van der Waals surface area contributed by atoms with Crippen LogP contribution in [0.2, 0.25) is 10.0 Å². The average Bonchev–Trinajstić information content (AvgIpc) is 2.34. The first kappa shape index (κ1) is 13.4. The van der Waals surface area contributed by atoms with Crippen molar-refractivity contribution in [3.8, 4) is 11.6 Å². The van der Waals surface area contributed by atoms with E-state index in [9.17, 15) is 4.39 Å². The van der Waals surface area contributed by atoms with E-state index in [0.29, 0.717) is 21.4 Å². The predicted molar refractivity (Wildman–Crippen MR) is 70.3 cm³/mol. The van der Waals surface area contributed by atoms with Crippen molar-refractivity contribution in [1.82, 2.24) is 4.98 Å². The first-order valence-corrected chi connectivity index (χ1v) is 6.22. The smallest absolute Gasteiger partial charge is 0.223 e. The van der Waals surface area contributed by atoms with Crippen molar-refractivity contribution < 1.29 is 9.13 Å². The molecule has 1 aromatic heterocycles. The van der Waals surface area contributed by atoms with E-state index in [2.05, 4.69) is 4.98 Å². The zero-order valence-electron chi connectivity index (χ0n) is 8.96. The standard InChI is InChI=1S/C12H7Cl3FNO/c13-5-7-3-9(16)6-17-12(7)18-11-2-1-8(14)4-10(11)15/h1-4,6H,5H2. The van der Waals surface area contributed by atoms with Gasteiger partial charge in [-0.2, -0.15) is 0 Å². The first-order chi connectivity index (χ1) is 8.60. The summed E-state index contributed by atoms with van der Waals surface area (Å²) in [5.41, 5.74) is 0.447. The minimum absolute atomic E-state index is 0.0886. The minimum Gasteiger partial charge on any atom is -0.437 e. The quantitative estimate of drug-likeness (QED) is 0.740. The zero-order valence-corrected chi connectivity index (χ0v) is 11.2. The lowest BCUT2D eigenvalue weighted by atomic mass is 10.3. The van der Waals surface area contributed by atoms with Crippen molar-refractivity contribution in [3.05, 3.63) is 51.9 Å². The van der Waals surface area contributed by atoms with E-state index in [-0.39, 0.29) is 11.8 Å². The van der Waals surface area contributed by atoms with Crippen LogP contribution < -0.4 is 4.74 Å². The molecule has 6 heteroatoms. The minimum atomic E-state index is -0.472. The number of aromatic nitrogens is 1. The number of hydrogen-bond donors (Lipinski definition) is 0. The van der Waals surface area contributed by atoms with E-state index in [4.69, 9.17) is 39.5 Å². The van der Waals surface area contributed by atoms with Gasteiger partial charge in [-0.3, -0.25) is 0 Å². The molecule has 0 aliphatic heterocycles. The largest absolute Gasteiger partial charge is 0.437 e. The van der Waals surface area contributed by atoms with Gasteiger partial charge in [0.25, 0.3) is 0 Å². The lowest BCUT2D eigenvalue weighted by molar-refractivity contribution is 0.454. The third-order valence-corrected chi connectivity index (χ3v) is 2.95. The lowest BCUT2D eigenvalue weighted by Crippen LogP contribution is -1.95. The molecule has 0 bridgehead atoms. The molecule has 0 saturated carbocycles. The van der Waals surface area contributed by atoms with Crippen LogP contribution in [-0.4, -0.2) is 4.98 Å². The Balaban J connectivity index is 2.33. The van der Waals surface area contributed by atoms with E-state index in [1.807, 2.05) is 0 Å². The van der Waals surface area contributed by atoms with Crippen molar-refractivity contribution in [2.75, 3.05) is 0 Å². The molecular weight excluding hydrogens is 299 g/mol. The van der Waals surface area contributed by atoms with Gasteiger partial charge < -0.3 is 4.74 Å². The molecule has 0 aliphatic rings. The van der Waals surface area contributed by atoms with Crippen molar-refractivity contribution in [3.63, 3.8) is 0 Å². The Kier molecular flexibility index (Phi) is 4.27. The molecule has 0 unspecified atom stereocenters. The molecule has 0 saturated heterocycles. The average molecular weight is 307 g/mol. The third kappa shape index (κ3) is 3.05. The van der Waals surface area contributed by atoms with Crippen LogP contribution in [0.1, 0.15) is 5.56 Å². The predicted octanol–water partition coefficient (Wildman–Crippen LogP) is 5.06. The fourth-order valence-electron chi connectivity index (χ4n) is 1.32. The lowest BCUT2D eigenvalue weighted by Gasteiger charge is -2.09. The maximum absolute atomic E-state index is 13.0. The molecule has 18 heavy (non-hydrogen) atoms. The summed E-state index contributed by atoms with van der Waals surface area (Å²) in [5.74, 6) is 0.216. The summed E-state index contributed by atoms with van der Waals surface area (Å²) < 4.78 is 18.5.